The zero-order chi connectivity index (χ0) is 10.4. The number of hydrogen-bond donors (Lipinski definition) is 1. The van der Waals surface area contributed by atoms with E-state index in [4.69, 9.17) is 5.73 Å². The fraction of sp³-hybridized carbons (Fsp3) is 0.667. The highest BCUT2D eigenvalue weighted by atomic mass is 32.2. The normalized spacial score (nSPS) is 13.0. The van der Waals surface area contributed by atoms with Crippen LogP contribution in [0.2, 0.25) is 0 Å². The second-order valence-corrected chi connectivity index (χ2v) is 4.91. The van der Waals surface area contributed by atoms with Crippen LogP contribution in [0.4, 0.5) is 0 Å². The molecular formula is C9H17N3OS. The van der Waals surface area contributed by atoms with Gasteiger partial charge in [-0.25, -0.2) is 4.98 Å². The second-order valence-electron chi connectivity index (χ2n) is 3.05. The highest BCUT2D eigenvalue weighted by Crippen LogP contribution is 2.00. The van der Waals surface area contributed by atoms with E-state index < -0.39 is 10.8 Å². The molecule has 1 heterocycles. The van der Waals surface area contributed by atoms with Gasteiger partial charge in [-0.2, -0.15) is 0 Å². The molecule has 4 nitrogen and oxygen atoms in total. The Morgan fingerprint density at radius 2 is 2.43 bits per heavy atom. The molecule has 1 atom stereocenters. The summed E-state index contributed by atoms with van der Waals surface area (Å²) in [6.07, 6.45) is 4.43. The summed E-state index contributed by atoms with van der Waals surface area (Å²) in [5.41, 5.74) is 6.60. The van der Waals surface area contributed by atoms with E-state index >= 15 is 0 Å². The van der Waals surface area contributed by atoms with E-state index in [2.05, 4.69) is 4.98 Å². The van der Waals surface area contributed by atoms with E-state index in [-0.39, 0.29) is 0 Å². The molecular weight excluding hydrogens is 198 g/mol. The summed E-state index contributed by atoms with van der Waals surface area (Å²) in [5, 5.41) is 0. The Kier molecular flexibility index (Phi) is 4.82. The maximum Gasteiger partial charge on any atom is 0.0948 e. The van der Waals surface area contributed by atoms with E-state index in [1.807, 2.05) is 17.7 Å². The maximum atomic E-state index is 11.2. The Bertz CT molecular complexity index is 298. The molecule has 2 N–H and O–H groups in total. The van der Waals surface area contributed by atoms with E-state index in [0.717, 1.165) is 24.4 Å². The van der Waals surface area contributed by atoms with Gasteiger partial charge in [-0.3, -0.25) is 4.21 Å². The largest absolute Gasteiger partial charge is 0.334 e. The first-order chi connectivity index (χ1) is 6.77. The Hall–Kier alpha value is -0.680. The molecule has 1 aromatic rings. The van der Waals surface area contributed by atoms with Crippen molar-refractivity contribution < 1.29 is 4.21 Å². The average Bonchev–Trinajstić information content (AvgIpc) is 2.62. The number of aromatic nitrogens is 2. The Balaban J connectivity index is 2.49. The van der Waals surface area contributed by atoms with Crippen LogP contribution in [-0.2, 0) is 23.8 Å². The van der Waals surface area contributed by atoms with Gasteiger partial charge in [-0.05, 0) is 6.54 Å². The van der Waals surface area contributed by atoms with Crippen molar-refractivity contribution in [3.8, 4) is 0 Å². The molecule has 0 aliphatic rings. The number of nitrogens with zero attached hydrogens (tertiary/aromatic N) is 2. The molecule has 0 fully saturated rings. The summed E-state index contributed by atoms with van der Waals surface area (Å²) in [7, 11) is -0.704. The summed E-state index contributed by atoms with van der Waals surface area (Å²) in [4.78, 5) is 4.05. The number of imidazole rings is 1. The second kappa shape index (κ2) is 5.93. The molecule has 80 valence electrons. The van der Waals surface area contributed by atoms with Crippen LogP contribution in [0, 0.1) is 0 Å². The number of aryl methyl sites for hydroxylation is 1. The minimum absolute atomic E-state index is 0.628. The van der Waals surface area contributed by atoms with Crippen LogP contribution in [0.3, 0.4) is 0 Å². The van der Waals surface area contributed by atoms with Gasteiger partial charge in [0.25, 0.3) is 0 Å². The Morgan fingerprint density at radius 3 is 3.07 bits per heavy atom. The van der Waals surface area contributed by atoms with Crippen molar-refractivity contribution in [3.05, 3.63) is 18.2 Å². The highest BCUT2D eigenvalue weighted by molar-refractivity contribution is 7.84. The number of hydrogen-bond acceptors (Lipinski definition) is 3. The lowest BCUT2D eigenvalue weighted by atomic mass is 10.3. The fourth-order valence-electron chi connectivity index (χ4n) is 1.25. The first kappa shape index (κ1) is 11.4. The van der Waals surface area contributed by atoms with Crippen molar-refractivity contribution >= 4 is 10.8 Å². The van der Waals surface area contributed by atoms with Gasteiger partial charge in [-0.15, -0.1) is 0 Å². The van der Waals surface area contributed by atoms with Crippen molar-refractivity contribution in [2.24, 2.45) is 5.73 Å². The first-order valence-corrected chi connectivity index (χ1v) is 6.30. The van der Waals surface area contributed by atoms with Crippen LogP contribution >= 0.6 is 0 Å². The van der Waals surface area contributed by atoms with Crippen LogP contribution in [0.5, 0.6) is 0 Å². The predicted molar refractivity (Wildman–Crippen MR) is 58.5 cm³/mol. The lowest BCUT2D eigenvalue weighted by molar-refractivity contribution is 0.666. The van der Waals surface area contributed by atoms with Crippen LogP contribution in [0.15, 0.2) is 12.5 Å². The highest BCUT2D eigenvalue weighted by Gasteiger charge is 2.02. The van der Waals surface area contributed by atoms with Gasteiger partial charge in [0.15, 0.2) is 0 Å². The van der Waals surface area contributed by atoms with E-state index in [1.54, 1.807) is 6.33 Å². The molecule has 0 amide bonds. The maximum absolute atomic E-state index is 11.2. The van der Waals surface area contributed by atoms with Gasteiger partial charge >= 0.3 is 0 Å². The molecule has 0 aromatic carbocycles. The van der Waals surface area contributed by atoms with E-state index in [0.29, 0.717) is 12.3 Å². The number of rotatable bonds is 6. The molecule has 5 heteroatoms. The van der Waals surface area contributed by atoms with Gasteiger partial charge in [0.2, 0.25) is 0 Å². The summed E-state index contributed by atoms with van der Waals surface area (Å²) >= 11 is 0. The summed E-state index contributed by atoms with van der Waals surface area (Å²) in [6, 6.07) is 0. The van der Waals surface area contributed by atoms with Crippen molar-refractivity contribution in [3.63, 3.8) is 0 Å². The van der Waals surface area contributed by atoms with Gasteiger partial charge < -0.3 is 10.3 Å². The molecule has 0 saturated carbocycles. The van der Waals surface area contributed by atoms with Gasteiger partial charge in [0.1, 0.15) is 0 Å². The van der Waals surface area contributed by atoms with E-state index in [1.165, 1.54) is 0 Å². The molecule has 1 rings (SSSR count). The lowest BCUT2D eigenvalue weighted by Gasteiger charge is -2.06. The SMILES string of the molecule is CCS(=O)CCn1cncc1CCN. The Morgan fingerprint density at radius 1 is 1.64 bits per heavy atom. The quantitative estimate of drug-likeness (QED) is 0.735. The fourth-order valence-corrected chi connectivity index (χ4v) is 1.94. The molecule has 1 unspecified atom stereocenters. The third kappa shape index (κ3) is 3.23. The molecule has 0 spiro atoms. The molecule has 0 radical (unpaired) electrons. The standard InChI is InChI=1S/C9H17N3OS/c1-2-14(13)6-5-12-8-11-7-9(12)3-4-10/h7-8H,2-6,10H2,1H3. The van der Waals surface area contributed by atoms with Crippen molar-refractivity contribution in [2.45, 2.75) is 19.9 Å². The minimum atomic E-state index is -0.704. The van der Waals surface area contributed by atoms with Crippen molar-refractivity contribution in [1.29, 1.82) is 0 Å². The first-order valence-electron chi connectivity index (χ1n) is 4.82. The van der Waals surface area contributed by atoms with Crippen molar-refractivity contribution in [1.82, 2.24) is 9.55 Å². The summed E-state index contributed by atoms with van der Waals surface area (Å²) in [6.45, 7) is 3.34. The molecule has 1 aromatic heterocycles. The molecule has 0 aliphatic heterocycles. The van der Waals surface area contributed by atoms with Crippen LogP contribution in [0.1, 0.15) is 12.6 Å². The molecule has 0 saturated heterocycles. The van der Waals surface area contributed by atoms with Gasteiger partial charge in [-0.1, -0.05) is 6.92 Å². The van der Waals surface area contributed by atoms with Crippen LogP contribution in [0.25, 0.3) is 0 Å². The third-order valence-electron chi connectivity index (χ3n) is 2.08. The Labute approximate surface area is 87.0 Å². The number of nitrogens with two attached hydrogens (primary N) is 1. The van der Waals surface area contributed by atoms with Crippen LogP contribution in [-0.4, -0.2) is 31.8 Å². The smallest absolute Gasteiger partial charge is 0.0948 e. The average molecular weight is 215 g/mol. The predicted octanol–water partition coefficient (Wildman–Crippen LogP) is 0.153. The molecule has 14 heavy (non-hydrogen) atoms. The summed E-state index contributed by atoms with van der Waals surface area (Å²) < 4.78 is 13.3. The zero-order valence-corrected chi connectivity index (χ0v) is 9.30. The zero-order valence-electron chi connectivity index (χ0n) is 8.48. The third-order valence-corrected chi connectivity index (χ3v) is 3.36. The monoisotopic (exact) mass is 215 g/mol. The lowest BCUT2D eigenvalue weighted by Crippen LogP contribution is -2.13. The van der Waals surface area contributed by atoms with Gasteiger partial charge in [0, 0.05) is 47.2 Å². The van der Waals surface area contributed by atoms with Crippen molar-refractivity contribution in [2.75, 3.05) is 18.1 Å². The minimum Gasteiger partial charge on any atom is -0.334 e. The van der Waals surface area contributed by atoms with Crippen LogP contribution < -0.4 is 5.73 Å². The molecule has 0 bridgehead atoms. The summed E-state index contributed by atoms with van der Waals surface area (Å²) in [5.74, 6) is 1.42. The molecule has 0 aliphatic carbocycles. The van der Waals surface area contributed by atoms with Gasteiger partial charge in [0.05, 0.1) is 6.33 Å². The van der Waals surface area contributed by atoms with E-state index in [9.17, 15) is 4.21 Å². The topological polar surface area (TPSA) is 60.9 Å².